The topological polar surface area (TPSA) is 50.1 Å². The Kier molecular flexibility index (Phi) is 5.85. The van der Waals surface area contributed by atoms with Crippen molar-refractivity contribution < 1.29 is 9.53 Å². The predicted molar refractivity (Wildman–Crippen MR) is 82.4 cm³/mol. The van der Waals surface area contributed by atoms with Gasteiger partial charge in [-0.05, 0) is 12.8 Å². The van der Waals surface area contributed by atoms with E-state index in [4.69, 9.17) is 10.00 Å². The largest absolute Gasteiger partial charge is 0.493 e. The van der Waals surface area contributed by atoms with Crippen LogP contribution in [0.1, 0.15) is 71.6 Å². The number of nitrogens with zero attached hydrogens (tertiary/aromatic N) is 1. The molecular formula is C18H27NO2. The zero-order valence-electron chi connectivity index (χ0n) is 13.4. The first-order chi connectivity index (χ1) is 10.2. The van der Waals surface area contributed by atoms with Gasteiger partial charge >= 0.3 is 0 Å². The number of hydrogen-bond donors (Lipinski definition) is 0. The quantitative estimate of drug-likeness (QED) is 0.647. The van der Waals surface area contributed by atoms with Gasteiger partial charge in [-0.25, -0.2) is 0 Å². The average Bonchev–Trinajstić information content (AvgIpc) is 2.79. The predicted octanol–water partition coefficient (Wildman–Crippen LogP) is 4.53. The van der Waals surface area contributed by atoms with E-state index in [1.807, 2.05) is 6.92 Å². The highest BCUT2D eigenvalue weighted by Crippen LogP contribution is 2.42. The number of nitriles is 1. The molecule has 0 spiro atoms. The Hall–Kier alpha value is -1.30. The SMILES string of the molecule is CCCCCCCC1CCC2=C(C1=O)[C@@H](C)[C@H](CC#N)O2. The van der Waals surface area contributed by atoms with Crippen LogP contribution in [0.5, 0.6) is 0 Å². The molecule has 21 heavy (non-hydrogen) atoms. The van der Waals surface area contributed by atoms with Crippen LogP contribution < -0.4 is 0 Å². The summed E-state index contributed by atoms with van der Waals surface area (Å²) in [4.78, 5) is 12.7. The molecule has 0 saturated heterocycles. The van der Waals surface area contributed by atoms with Gasteiger partial charge in [-0.3, -0.25) is 4.79 Å². The molecular weight excluding hydrogens is 262 g/mol. The van der Waals surface area contributed by atoms with Crippen molar-refractivity contribution in [3.05, 3.63) is 11.3 Å². The summed E-state index contributed by atoms with van der Waals surface area (Å²) in [5.41, 5.74) is 0.903. The highest BCUT2D eigenvalue weighted by molar-refractivity contribution is 5.99. The summed E-state index contributed by atoms with van der Waals surface area (Å²) in [6.45, 7) is 4.25. The average molecular weight is 289 g/mol. The minimum atomic E-state index is -0.104. The van der Waals surface area contributed by atoms with E-state index in [1.165, 1.54) is 25.7 Å². The molecule has 116 valence electrons. The van der Waals surface area contributed by atoms with Crippen molar-refractivity contribution >= 4 is 5.78 Å². The molecule has 0 N–H and O–H groups in total. The lowest BCUT2D eigenvalue weighted by Crippen LogP contribution is -2.25. The molecule has 0 radical (unpaired) electrons. The van der Waals surface area contributed by atoms with Gasteiger partial charge in [0.25, 0.3) is 0 Å². The first kappa shape index (κ1) is 16.1. The fraction of sp³-hybridized carbons (Fsp3) is 0.778. The number of allylic oxidation sites excluding steroid dienone is 1. The molecule has 1 heterocycles. The second-order valence-electron chi connectivity index (χ2n) is 6.45. The van der Waals surface area contributed by atoms with E-state index in [0.29, 0.717) is 12.2 Å². The maximum Gasteiger partial charge on any atom is 0.165 e. The molecule has 0 saturated carbocycles. The summed E-state index contributed by atoms with van der Waals surface area (Å²) in [5.74, 6) is 1.47. The van der Waals surface area contributed by atoms with Crippen LogP contribution in [0.25, 0.3) is 0 Å². The number of Topliss-reactive ketones (excluding diaryl/α,β-unsaturated/α-hetero) is 1. The van der Waals surface area contributed by atoms with E-state index in [0.717, 1.165) is 37.0 Å². The van der Waals surface area contributed by atoms with Crippen LogP contribution >= 0.6 is 0 Å². The summed E-state index contributed by atoms with van der Waals surface area (Å²) < 4.78 is 5.83. The number of carbonyl (C=O) groups is 1. The van der Waals surface area contributed by atoms with Crippen molar-refractivity contribution in [1.82, 2.24) is 0 Å². The van der Waals surface area contributed by atoms with Gasteiger partial charge < -0.3 is 4.74 Å². The second kappa shape index (κ2) is 7.64. The van der Waals surface area contributed by atoms with Crippen LogP contribution in [0.15, 0.2) is 11.3 Å². The molecule has 3 atom stereocenters. The first-order valence-electron chi connectivity index (χ1n) is 8.49. The summed E-state index contributed by atoms with van der Waals surface area (Å²) >= 11 is 0. The first-order valence-corrected chi connectivity index (χ1v) is 8.49. The fourth-order valence-electron chi connectivity index (χ4n) is 3.58. The molecule has 0 aromatic carbocycles. The van der Waals surface area contributed by atoms with Crippen molar-refractivity contribution in [3.63, 3.8) is 0 Å². The minimum Gasteiger partial charge on any atom is -0.493 e. The van der Waals surface area contributed by atoms with Crippen molar-refractivity contribution in [2.45, 2.75) is 77.7 Å². The highest BCUT2D eigenvalue weighted by Gasteiger charge is 2.41. The summed E-state index contributed by atoms with van der Waals surface area (Å²) in [5, 5.41) is 8.85. The van der Waals surface area contributed by atoms with Gasteiger partial charge in [0.05, 0.1) is 12.5 Å². The van der Waals surface area contributed by atoms with E-state index in [1.54, 1.807) is 0 Å². The van der Waals surface area contributed by atoms with Crippen molar-refractivity contribution in [2.75, 3.05) is 0 Å². The monoisotopic (exact) mass is 289 g/mol. The third-order valence-corrected chi connectivity index (χ3v) is 4.91. The van der Waals surface area contributed by atoms with Gasteiger partial charge in [0.1, 0.15) is 11.9 Å². The summed E-state index contributed by atoms with van der Waals surface area (Å²) in [6, 6.07) is 2.17. The Morgan fingerprint density at radius 2 is 2.05 bits per heavy atom. The van der Waals surface area contributed by atoms with E-state index in [9.17, 15) is 4.79 Å². The van der Waals surface area contributed by atoms with E-state index in [-0.39, 0.29) is 17.9 Å². The molecule has 3 heteroatoms. The maximum absolute atomic E-state index is 12.7. The molecule has 0 amide bonds. The molecule has 2 rings (SSSR count). The second-order valence-corrected chi connectivity index (χ2v) is 6.45. The molecule has 1 aliphatic heterocycles. The van der Waals surface area contributed by atoms with Crippen LogP contribution in [0.4, 0.5) is 0 Å². The van der Waals surface area contributed by atoms with Gasteiger partial charge in [-0.15, -0.1) is 0 Å². The fourth-order valence-corrected chi connectivity index (χ4v) is 3.58. The normalized spacial score (nSPS) is 28.2. The Labute approximate surface area is 128 Å². The van der Waals surface area contributed by atoms with E-state index < -0.39 is 0 Å². The molecule has 3 nitrogen and oxygen atoms in total. The summed E-state index contributed by atoms with van der Waals surface area (Å²) in [7, 11) is 0. The van der Waals surface area contributed by atoms with Crippen LogP contribution in [-0.2, 0) is 9.53 Å². The number of ether oxygens (including phenoxy) is 1. The van der Waals surface area contributed by atoms with Gasteiger partial charge in [-0.1, -0.05) is 46.0 Å². The molecule has 0 aromatic heterocycles. The number of hydrogen-bond acceptors (Lipinski definition) is 3. The van der Waals surface area contributed by atoms with Gasteiger partial charge in [0.2, 0.25) is 0 Å². The van der Waals surface area contributed by atoms with Crippen LogP contribution in [-0.4, -0.2) is 11.9 Å². The lowest BCUT2D eigenvalue weighted by atomic mass is 9.78. The third-order valence-electron chi connectivity index (χ3n) is 4.91. The van der Waals surface area contributed by atoms with Gasteiger partial charge in [-0.2, -0.15) is 5.26 Å². The Morgan fingerprint density at radius 1 is 1.29 bits per heavy atom. The van der Waals surface area contributed by atoms with Crippen molar-refractivity contribution in [3.8, 4) is 6.07 Å². The highest BCUT2D eigenvalue weighted by atomic mass is 16.5. The Balaban J connectivity index is 1.87. The lowest BCUT2D eigenvalue weighted by Gasteiger charge is -2.22. The number of carbonyl (C=O) groups excluding carboxylic acids is 1. The molecule has 1 aliphatic carbocycles. The standard InChI is InChI=1S/C18H27NO2/c1-3-4-5-6-7-8-14-9-10-16-17(18(14)20)13(2)15(21-16)11-12-19/h13-15H,3-11H2,1-2H3/t13-,14?,15-/m0/s1. The molecule has 0 fully saturated rings. The van der Waals surface area contributed by atoms with Crippen LogP contribution in [0, 0.1) is 23.2 Å². The number of unbranched alkanes of at least 4 members (excludes halogenated alkanes) is 4. The third kappa shape index (κ3) is 3.67. The van der Waals surface area contributed by atoms with Crippen LogP contribution in [0.2, 0.25) is 0 Å². The zero-order chi connectivity index (χ0) is 15.2. The van der Waals surface area contributed by atoms with Crippen LogP contribution in [0.3, 0.4) is 0 Å². The molecule has 0 bridgehead atoms. The Morgan fingerprint density at radius 3 is 2.76 bits per heavy atom. The maximum atomic E-state index is 12.7. The van der Waals surface area contributed by atoms with Crippen molar-refractivity contribution in [1.29, 1.82) is 5.26 Å². The van der Waals surface area contributed by atoms with E-state index >= 15 is 0 Å². The number of rotatable bonds is 7. The number of ketones is 1. The molecule has 0 aromatic rings. The van der Waals surface area contributed by atoms with Gasteiger partial charge in [0, 0.05) is 23.8 Å². The smallest absolute Gasteiger partial charge is 0.165 e. The van der Waals surface area contributed by atoms with Gasteiger partial charge in [0.15, 0.2) is 5.78 Å². The Bertz CT molecular complexity index is 447. The minimum absolute atomic E-state index is 0.0926. The van der Waals surface area contributed by atoms with Crippen molar-refractivity contribution in [2.24, 2.45) is 11.8 Å². The zero-order valence-corrected chi connectivity index (χ0v) is 13.4. The molecule has 2 aliphatic rings. The van der Waals surface area contributed by atoms with E-state index in [2.05, 4.69) is 13.0 Å². The summed E-state index contributed by atoms with van der Waals surface area (Å²) in [6.07, 6.45) is 9.36. The lowest BCUT2D eigenvalue weighted by molar-refractivity contribution is -0.120. The molecule has 1 unspecified atom stereocenters.